The number of amides is 1. The average molecular weight is 221 g/mol. The molecule has 0 heterocycles. The van der Waals surface area contributed by atoms with Crippen molar-refractivity contribution in [3.05, 3.63) is 29.8 Å². The van der Waals surface area contributed by atoms with Crippen LogP contribution in [0.4, 0.5) is 0 Å². The van der Waals surface area contributed by atoms with E-state index in [1.54, 1.807) is 26.0 Å². The lowest BCUT2D eigenvalue weighted by Crippen LogP contribution is -2.38. The van der Waals surface area contributed by atoms with Crippen molar-refractivity contribution in [3.8, 4) is 5.75 Å². The molecule has 0 aliphatic heterocycles. The van der Waals surface area contributed by atoms with Crippen LogP contribution in [-0.4, -0.2) is 22.8 Å². The third kappa shape index (κ3) is 2.82. The molecule has 4 heteroatoms. The van der Waals surface area contributed by atoms with E-state index in [1.807, 2.05) is 0 Å². The van der Waals surface area contributed by atoms with E-state index in [9.17, 15) is 14.7 Å². The Hall–Kier alpha value is -1.84. The lowest BCUT2D eigenvalue weighted by atomic mass is 10.1. The van der Waals surface area contributed by atoms with Gasteiger partial charge in [-0.3, -0.25) is 9.59 Å². The van der Waals surface area contributed by atoms with E-state index in [0.29, 0.717) is 6.42 Å². The van der Waals surface area contributed by atoms with Gasteiger partial charge in [0.25, 0.3) is 5.91 Å². The van der Waals surface area contributed by atoms with Crippen LogP contribution >= 0.6 is 0 Å². The molecular weight excluding hydrogens is 206 g/mol. The summed E-state index contributed by atoms with van der Waals surface area (Å²) in [6.45, 7) is 3.37. The molecule has 16 heavy (non-hydrogen) atoms. The molecule has 0 saturated carbocycles. The molecule has 2 N–H and O–H groups in total. The second-order valence-corrected chi connectivity index (χ2v) is 3.53. The molecule has 1 aromatic carbocycles. The molecule has 0 aliphatic carbocycles. The maximum atomic E-state index is 11.7. The number of ketones is 1. The highest BCUT2D eigenvalue weighted by molar-refractivity contribution is 5.99. The fourth-order valence-electron chi connectivity index (χ4n) is 1.33. The zero-order valence-corrected chi connectivity index (χ0v) is 9.36. The summed E-state index contributed by atoms with van der Waals surface area (Å²) in [6.07, 6.45) is 0.377. The number of carbonyl (C=O) groups is 2. The van der Waals surface area contributed by atoms with Gasteiger partial charge in [-0.15, -0.1) is 0 Å². The van der Waals surface area contributed by atoms with Crippen LogP contribution in [0.5, 0.6) is 5.75 Å². The molecule has 1 rings (SSSR count). The number of phenolic OH excluding ortho intramolecular Hbond substituents is 1. The molecule has 0 bridgehead atoms. The standard InChI is InChI=1S/C12H15NO3/c1-3-10(14)8(2)13-12(16)9-6-4-5-7-11(9)15/h4-8,15H,3H2,1-2H3,(H,13,16). The topological polar surface area (TPSA) is 66.4 Å². The number of nitrogens with one attached hydrogen (secondary N) is 1. The fourth-order valence-corrected chi connectivity index (χ4v) is 1.33. The number of hydrogen-bond donors (Lipinski definition) is 2. The molecule has 4 nitrogen and oxygen atoms in total. The van der Waals surface area contributed by atoms with E-state index >= 15 is 0 Å². The smallest absolute Gasteiger partial charge is 0.255 e. The van der Waals surface area contributed by atoms with E-state index in [0.717, 1.165) is 0 Å². The predicted octanol–water partition coefficient (Wildman–Crippen LogP) is 1.49. The third-order valence-corrected chi connectivity index (χ3v) is 2.33. The molecule has 1 unspecified atom stereocenters. The van der Waals surface area contributed by atoms with Crippen molar-refractivity contribution in [2.45, 2.75) is 26.3 Å². The summed E-state index contributed by atoms with van der Waals surface area (Å²) in [7, 11) is 0. The minimum absolute atomic E-state index is 0.0382. The quantitative estimate of drug-likeness (QED) is 0.809. The maximum Gasteiger partial charge on any atom is 0.255 e. The first kappa shape index (κ1) is 12.2. The van der Waals surface area contributed by atoms with Gasteiger partial charge >= 0.3 is 0 Å². The zero-order valence-electron chi connectivity index (χ0n) is 9.36. The van der Waals surface area contributed by atoms with E-state index in [4.69, 9.17) is 0 Å². The highest BCUT2D eigenvalue weighted by Gasteiger charge is 2.16. The van der Waals surface area contributed by atoms with Crippen molar-refractivity contribution >= 4 is 11.7 Å². The number of para-hydroxylation sites is 1. The predicted molar refractivity (Wildman–Crippen MR) is 60.3 cm³/mol. The third-order valence-electron chi connectivity index (χ3n) is 2.33. The van der Waals surface area contributed by atoms with Gasteiger partial charge in [-0.05, 0) is 19.1 Å². The van der Waals surface area contributed by atoms with Crippen LogP contribution in [0.2, 0.25) is 0 Å². The Kier molecular flexibility index (Phi) is 4.05. The second-order valence-electron chi connectivity index (χ2n) is 3.53. The van der Waals surface area contributed by atoms with Crippen molar-refractivity contribution in [1.29, 1.82) is 0 Å². The molecule has 86 valence electrons. The van der Waals surface area contributed by atoms with Crippen molar-refractivity contribution in [2.24, 2.45) is 0 Å². The van der Waals surface area contributed by atoms with E-state index in [2.05, 4.69) is 5.32 Å². The molecule has 1 atom stereocenters. The normalized spacial score (nSPS) is 11.9. The Balaban J connectivity index is 2.73. The van der Waals surface area contributed by atoms with E-state index < -0.39 is 11.9 Å². The Labute approximate surface area is 94.3 Å². The highest BCUT2D eigenvalue weighted by Crippen LogP contribution is 2.15. The number of carbonyl (C=O) groups excluding carboxylic acids is 2. The van der Waals surface area contributed by atoms with Crippen molar-refractivity contribution in [3.63, 3.8) is 0 Å². The zero-order chi connectivity index (χ0) is 12.1. The monoisotopic (exact) mass is 221 g/mol. The summed E-state index contributed by atoms with van der Waals surface area (Å²) < 4.78 is 0. The molecule has 0 aliphatic rings. The van der Waals surface area contributed by atoms with Gasteiger partial charge in [-0.25, -0.2) is 0 Å². The highest BCUT2D eigenvalue weighted by atomic mass is 16.3. The summed E-state index contributed by atoms with van der Waals surface area (Å²) in [6, 6.07) is 5.69. The van der Waals surface area contributed by atoms with E-state index in [-0.39, 0.29) is 17.1 Å². The number of rotatable bonds is 4. The lowest BCUT2D eigenvalue weighted by Gasteiger charge is -2.12. The number of Topliss-reactive ketones (excluding diaryl/α,β-unsaturated/α-hetero) is 1. The van der Waals surface area contributed by atoms with Gasteiger partial charge in [0, 0.05) is 6.42 Å². The molecule has 0 aromatic heterocycles. The molecule has 0 radical (unpaired) electrons. The minimum Gasteiger partial charge on any atom is -0.507 e. The number of aromatic hydroxyl groups is 1. The van der Waals surface area contributed by atoms with Crippen LogP contribution in [0.15, 0.2) is 24.3 Å². The number of phenols is 1. The van der Waals surface area contributed by atoms with Crippen LogP contribution in [0.1, 0.15) is 30.6 Å². The average Bonchev–Trinajstić information content (AvgIpc) is 2.28. The van der Waals surface area contributed by atoms with Crippen LogP contribution in [0, 0.1) is 0 Å². The van der Waals surface area contributed by atoms with Gasteiger partial charge in [0.1, 0.15) is 5.75 Å². The Morgan fingerprint density at radius 2 is 2.00 bits per heavy atom. The Bertz CT molecular complexity index is 401. The van der Waals surface area contributed by atoms with Crippen molar-refractivity contribution in [1.82, 2.24) is 5.32 Å². The molecule has 1 aromatic rings. The van der Waals surface area contributed by atoms with Gasteiger partial charge in [0.15, 0.2) is 5.78 Å². The molecule has 0 spiro atoms. The summed E-state index contributed by atoms with van der Waals surface area (Å²) in [4.78, 5) is 23.0. The lowest BCUT2D eigenvalue weighted by molar-refractivity contribution is -0.120. The minimum atomic E-state index is -0.530. The van der Waals surface area contributed by atoms with Crippen LogP contribution in [0.3, 0.4) is 0 Å². The number of benzene rings is 1. The van der Waals surface area contributed by atoms with E-state index in [1.165, 1.54) is 12.1 Å². The molecule has 0 saturated heterocycles. The first-order valence-corrected chi connectivity index (χ1v) is 5.17. The van der Waals surface area contributed by atoms with Crippen LogP contribution in [0.25, 0.3) is 0 Å². The number of hydrogen-bond acceptors (Lipinski definition) is 3. The van der Waals surface area contributed by atoms with Gasteiger partial charge in [-0.1, -0.05) is 19.1 Å². The molecular formula is C12H15NO3. The summed E-state index contributed by atoms with van der Waals surface area (Å²) in [5, 5.41) is 12.0. The molecule has 1 amide bonds. The van der Waals surface area contributed by atoms with Crippen LogP contribution in [-0.2, 0) is 4.79 Å². The largest absolute Gasteiger partial charge is 0.507 e. The van der Waals surface area contributed by atoms with Gasteiger partial charge in [0.05, 0.1) is 11.6 Å². The first-order valence-electron chi connectivity index (χ1n) is 5.17. The van der Waals surface area contributed by atoms with Crippen molar-refractivity contribution < 1.29 is 14.7 Å². The maximum absolute atomic E-state index is 11.7. The summed E-state index contributed by atoms with van der Waals surface area (Å²) in [5.41, 5.74) is 0.179. The fraction of sp³-hybridized carbons (Fsp3) is 0.333. The Morgan fingerprint density at radius 1 is 1.38 bits per heavy atom. The van der Waals surface area contributed by atoms with Gasteiger partial charge < -0.3 is 10.4 Å². The SMILES string of the molecule is CCC(=O)C(C)NC(=O)c1ccccc1O. The van der Waals surface area contributed by atoms with Crippen molar-refractivity contribution in [2.75, 3.05) is 0 Å². The first-order chi connectivity index (χ1) is 7.56. The van der Waals surface area contributed by atoms with Gasteiger partial charge in [0.2, 0.25) is 0 Å². The second kappa shape index (κ2) is 5.30. The molecule has 0 fully saturated rings. The van der Waals surface area contributed by atoms with Crippen LogP contribution < -0.4 is 5.32 Å². The summed E-state index contributed by atoms with van der Waals surface area (Å²) >= 11 is 0. The summed E-state index contributed by atoms with van der Waals surface area (Å²) in [5.74, 6) is -0.563. The van der Waals surface area contributed by atoms with Gasteiger partial charge in [-0.2, -0.15) is 0 Å². The Morgan fingerprint density at radius 3 is 2.56 bits per heavy atom.